The van der Waals surface area contributed by atoms with E-state index in [1.165, 1.54) is 30.3 Å². The van der Waals surface area contributed by atoms with Crippen LogP contribution in [0.25, 0.3) is 11.3 Å². The average molecular weight is 585 g/mol. The molecule has 0 spiro atoms. The van der Waals surface area contributed by atoms with Gasteiger partial charge in [0.2, 0.25) is 0 Å². The largest absolute Gasteiger partial charge is 0.506 e. The normalized spacial score (nSPS) is 14.4. The molecule has 2 N–H and O–H groups in total. The molecule has 1 unspecified atom stereocenters. The van der Waals surface area contributed by atoms with E-state index in [2.05, 4.69) is 10.3 Å². The molecule has 0 aliphatic carbocycles. The molecule has 0 saturated heterocycles. The number of fused-ring (bicyclic) bond motifs is 1. The van der Waals surface area contributed by atoms with Crippen molar-refractivity contribution in [3.05, 3.63) is 101 Å². The van der Waals surface area contributed by atoms with E-state index in [0.717, 1.165) is 12.1 Å². The molecule has 0 bridgehead atoms. The lowest BCUT2D eigenvalue weighted by Gasteiger charge is -2.25. The summed E-state index contributed by atoms with van der Waals surface area (Å²) in [5.74, 6) is 0.795. The Morgan fingerprint density at radius 1 is 1.02 bits per heavy atom. The first-order chi connectivity index (χ1) is 19.6. The van der Waals surface area contributed by atoms with Gasteiger partial charge in [0, 0.05) is 29.2 Å². The molecule has 3 aromatic carbocycles. The molecular formula is C29H20ClF3N2O6. The van der Waals surface area contributed by atoms with E-state index < -0.39 is 29.9 Å². The maximum atomic E-state index is 12.8. The van der Waals surface area contributed by atoms with Gasteiger partial charge in [-0.3, -0.25) is 4.79 Å². The highest BCUT2D eigenvalue weighted by molar-refractivity contribution is 6.32. The van der Waals surface area contributed by atoms with Crippen LogP contribution in [0, 0.1) is 0 Å². The molecule has 4 aromatic rings. The van der Waals surface area contributed by atoms with Crippen molar-refractivity contribution in [1.29, 1.82) is 0 Å². The second-order valence-electron chi connectivity index (χ2n) is 8.89. The van der Waals surface area contributed by atoms with Crippen molar-refractivity contribution in [2.75, 3.05) is 11.9 Å². The van der Waals surface area contributed by atoms with Gasteiger partial charge in [-0.15, -0.1) is 0 Å². The second-order valence-corrected chi connectivity index (χ2v) is 9.30. The molecule has 0 fully saturated rings. The summed E-state index contributed by atoms with van der Waals surface area (Å²) < 4.78 is 54.9. The Morgan fingerprint density at radius 3 is 2.44 bits per heavy atom. The third-order valence-corrected chi connectivity index (χ3v) is 6.43. The smallest absolute Gasteiger partial charge is 0.493 e. The summed E-state index contributed by atoms with van der Waals surface area (Å²) in [7, 11) is 0. The van der Waals surface area contributed by atoms with Crippen LogP contribution in [0.3, 0.4) is 0 Å². The van der Waals surface area contributed by atoms with Gasteiger partial charge in [-0.25, -0.2) is 9.78 Å². The lowest BCUT2D eigenvalue weighted by Crippen LogP contribution is -2.18. The second kappa shape index (κ2) is 11.4. The molecule has 2 heterocycles. The first-order valence-electron chi connectivity index (χ1n) is 12.2. The summed E-state index contributed by atoms with van der Waals surface area (Å²) in [6.45, 7) is 0.262. The van der Waals surface area contributed by atoms with E-state index >= 15 is 0 Å². The monoisotopic (exact) mass is 584 g/mol. The minimum absolute atomic E-state index is 0.217. The predicted octanol–water partition coefficient (Wildman–Crippen LogP) is 7.98. The van der Waals surface area contributed by atoms with Gasteiger partial charge in [-0.05, 0) is 54.6 Å². The average Bonchev–Trinajstić information content (AvgIpc) is 2.94. The number of carbonyl (C=O) groups excluding carboxylic acids is 1. The Hall–Kier alpha value is -4.77. The van der Waals surface area contributed by atoms with Gasteiger partial charge in [0.25, 0.3) is 5.91 Å². The number of hydrogen-bond acceptors (Lipinski definition) is 6. The molecule has 1 aliphatic heterocycles. The standard InChI is InChI=1S/C29H20ClF3N2O6/c30-21-14-20-23(41-28(37)38)12-13-39-24(20)15-25(21)40-19-10-6-17(7-11-19)27(36)35-26-3-1-2-22(34-26)16-4-8-18(9-5-16)29(31,32)33/h1-11,14-15,23H,12-13H2,(H,37,38)(H,34,35,36). The lowest BCUT2D eigenvalue weighted by molar-refractivity contribution is -0.137. The predicted molar refractivity (Wildman–Crippen MR) is 143 cm³/mol. The molecule has 210 valence electrons. The van der Waals surface area contributed by atoms with Gasteiger partial charge in [0.15, 0.2) is 0 Å². The van der Waals surface area contributed by atoms with E-state index in [0.29, 0.717) is 40.3 Å². The molecule has 1 amide bonds. The van der Waals surface area contributed by atoms with Crippen molar-refractivity contribution in [1.82, 2.24) is 4.98 Å². The fraction of sp³-hybridized carbons (Fsp3) is 0.138. The van der Waals surface area contributed by atoms with Crippen LogP contribution in [-0.2, 0) is 10.9 Å². The Bertz CT molecular complexity index is 1590. The molecule has 41 heavy (non-hydrogen) atoms. The van der Waals surface area contributed by atoms with E-state index in [1.807, 2.05) is 0 Å². The SMILES string of the molecule is O=C(O)OC1CCOc2cc(Oc3ccc(C(=O)Nc4cccc(-c5ccc(C(F)(F)F)cc5)n4)cc3)c(Cl)cc21. The summed E-state index contributed by atoms with van der Waals surface area (Å²) in [6, 6.07) is 18.7. The third-order valence-electron chi connectivity index (χ3n) is 6.13. The number of ether oxygens (including phenoxy) is 3. The van der Waals surface area contributed by atoms with Gasteiger partial charge in [-0.2, -0.15) is 13.2 Å². The number of nitrogens with zero attached hydrogens (tertiary/aromatic N) is 1. The van der Waals surface area contributed by atoms with Gasteiger partial charge in [-0.1, -0.05) is 29.8 Å². The van der Waals surface area contributed by atoms with Crippen molar-refractivity contribution in [2.24, 2.45) is 0 Å². The van der Waals surface area contributed by atoms with Crippen molar-refractivity contribution >= 4 is 29.5 Å². The number of nitrogens with one attached hydrogen (secondary N) is 1. The number of anilines is 1. The molecule has 0 radical (unpaired) electrons. The minimum Gasteiger partial charge on any atom is -0.493 e. The molecular weight excluding hydrogens is 565 g/mol. The Morgan fingerprint density at radius 2 is 1.76 bits per heavy atom. The van der Waals surface area contributed by atoms with Gasteiger partial charge < -0.3 is 24.6 Å². The molecule has 8 nitrogen and oxygen atoms in total. The Labute approximate surface area is 236 Å². The van der Waals surface area contributed by atoms with Crippen molar-refractivity contribution in [2.45, 2.75) is 18.7 Å². The van der Waals surface area contributed by atoms with E-state index in [4.69, 9.17) is 30.9 Å². The van der Waals surface area contributed by atoms with Crippen LogP contribution in [0.1, 0.15) is 34.0 Å². The zero-order valence-electron chi connectivity index (χ0n) is 20.9. The minimum atomic E-state index is -4.44. The number of halogens is 4. The number of amides is 1. The van der Waals surface area contributed by atoms with Crippen LogP contribution in [0.5, 0.6) is 17.2 Å². The van der Waals surface area contributed by atoms with Crippen LogP contribution in [0.4, 0.5) is 23.8 Å². The fourth-order valence-corrected chi connectivity index (χ4v) is 4.38. The molecule has 5 rings (SSSR count). The maximum absolute atomic E-state index is 12.8. The van der Waals surface area contributed by atoms with Gasteiger partial charge >= 0.3 is 12.3 Å². The Kier molecular flexibility index (Phi) is 7.71. The number of benzene rings is 3. The summed E-state index contributed by atoms with van der Waals surface area (Å²) in [4.78, 5) is 28.1. The van der Waals surface area contributed by atoms with Gasteiger partial charge in [0.05, 0.1) is 22.9 Å². The molecule has 1 aliphatic rings. The third kappa shape index (κ3) is 6.52. The summed E-state index contributed by atoms with van der Waals surface area (Å²) in [6.07, 6.45) is -6.18. The van der Waals surface area contributed by atoms with E-state index in [-0.39, 0.29) is 23.2 Å². The van der Waals surface area contributed by atoms with Crippen LogP contribution < -0.4 is 14.8 Å². The highest BCUT2D eigenvalue weighted by Crippen LogP contribution is 2.42. The van der Waals surface area contributed by atoms with Crippen molar-refractivity contribution < 1.29 is 42.1 Å². The lowest BCUT2D eigenvalue weighted by atomic mass is 10.0. The topological polar surface area (TPSA) is 107 Å². The summed E-state index contributed by atoms with van der Waals surface area (Å²) >= 11 is 6.37. The number of aromatic nitrogens is 1. The fourth-order valence-electron chi connectivity index (χ4n) is 4.17. The first-order valence-corrected chi connectivity index (χ1v) is 12.5. The number of hydrogen-bond donors (Lipinski definition) is 2. The summed E-state index contributed by atoms with van der Waals surface area (Å²) in [5.41, 5.74) is 0.893. The number of carbonyl (C=O) groups is 2. The quantitative estimate of drug-likeness (QED) is 0.221. The highest BCUT2D eigenvalue weighted by atomic mass is 35.5. The van der Waals surface area contributed by atoms with Gasteiger partial charge in [0.1, 0.15) is 29.2 Å². The van der Waals surface area contributed by atoms with Crippen molar-refractivity contribution in [3.8, 4) is 28.5 Å². The van der Waals surface area contributed by atoms with Crippen LogP contribution in [-0.4, -0.2) is 28.8 Å². The molecule has 0 saturated carbocycles. The molecule has 12 heteroatoms. The number of rotatable bonds is 6. The van der Waals surface area contributed by atoms with E-state index in [9.17, 15) is 22.8 Å². The number of carboxylic acid groups (broad SMARTS) is 1. The highest BCUT2D eigenvalue weighted by Gasteiger charge is 2.30. The first kappa shape index (κ1) is 27.8. The zero-order valence-corrected chi connectivity index (χ0v) is 21.7. The van der Waals surface area contributed by atoms with Crippen LogP contribution in [0.2, 0.25) is 5.02 Å². The number of pyridine rings is 1. The molecule has 1 atom stereocenters. The van der Waals surface area contributed by atoms with Crippen LogP contribution >= 0.6 is 11.6 Å². The zero-order chi connectivity index (χ0) is 29.1. The number of alkyl halides is 3. The summed E-state index contributed by atoms with van der Waals surface area (Å²) in [5, 5.41) is 11.8. The van der Waals surface area contributed by atoms with E-state index in [1.54, 1.807) is 36.4 Å². The Balaban J connectivity index is 1.26. The molecule has 1 aromatic heterocycles. The maximum Gasteiger partial charge on any atom is 0.506 e. The van der Waals surface area contributed by atoms with Crippen molar-refractivity contribution in [3.63, 3.8) is 0 Å². The van der Waals surface area contributed by atoms with Crippen LogP contribution in [0.15, 0.2) is 78.9 Å².